The molecule has 4 aromatic rings. The Morgan fingerprint density at radius 3 is 2.34 bits per heavy atom. The highest BCUT2D eigenvalue weighted by atomic mass is 32.2. The van der Waals surface area contributed by atoms with Gasteiger partial charge in [-0.05, 0) is 43.5 Å². The molecule has 1 aromatic heterocycles. The summed E-state index contributed by atoms with van der Waals surface area (Å²) in [6.45, 7) is 6.00. The first-order valence-corrected chi connectivity index (χ1v) is 11.2. The Morgan fingerprint density at radius 1 is 0.938 bits per heavy atom. The Labute approximate surface area is 191 Å². The van der Waals surface area contributed by atoms with Crippen molar-refractivity contribution < 1.29 is 4.79 Å². The average molecular weight is 444 g/mol. The number of nitrogens with one attached hydrogen (secondary N) is 1. The minimum atomic E-state index is -0.548. The maximum atomic E-state index is 13.4. The second kappa shape index (κ2) is 9.28. The first kappa shape index (κ1) is 21.6. The highest BCUT2D eigenvalue weighted by Crippen LogP contribution is 2.36. The molecule has 4 rings (SSSR count). The standard InChI is InChI=1S/C25H25N5OS/c1-16-10-13-20(14-11-16)23-28-29-25(30(23)26)32-22(19-7-5-4-6-8-19)24(31)27-21-15-17(2)9-12-18(21)3/h4-15,22H,26H2,1-3H3,(H,27,31)/t22-/m1/s1. The molecular weight excluding hydrogens is 418 g/mol. The van der Waals surface area contributed by atoms with Crippen LogP contribution in [0.15, 0.2) is 78.0 Å². The molecule has 0 aliphatic rings. The van der Waals surface area contributed by atoms with Gasteiger partial charge < -0.3 is 11.2 Å². The van der Waals surface area contributed by atoms with Gasteiger partial charge in [-0.15, -0.1) is 10.2 Å². The van der Waals surface area contributed by atoms with Gasteiger partial charge in [0.05, 0.1) is 0 Å². The van der Waals surface area contributed by atoms with Crippen molar-refractivity contribution >= 4 is 23.4 Å². The molecule has 6 nitrogen and oxygen atoms in total. The maximum Gasteiger partial charge on any atom is 0.242 e. The molecule has 32 heavy (non-hydrogen) atoms. The summed E-state index contributed by atoms with van der Waals surface area (Å²) in [4.78, 5) is 13.4. The predicted molar refractivity (Wildman–Crippen MR) is 130 cm³/mol. The van der Waals surface area contributed by atoms with Crippen molar-refractivity contribution in [3.63, 3.8) is 0 Å². The van der Waals surface area contributed by atoms with E-state index in [1.807, 2.05) is 93.6 Å². The number of nitrogens with zero attached hydrogens (tertiary/aromatic N) is 3. The summed E-state index contributed by atoms with van der Waals surface area (Å²) in [6.07, 6.45) is 0. The minimum Gasteiger partial charge on any atom is -0.335 e. The molecule has 3 N–H and O–H groups in total. The summed E-state index contributed by atoms with van der Waals surface area (Å²) in [5.74, 6) is 6.74. The van der Waals surface area contributed by atoms with Crippen LogP contribution in [0.2, 0.25) is 0 Å². The van der Waals surface area contributed by atoms with Crippen molar-refractivity contribution in [3.8, 4) is 11.4 Å². The fourth-order valence-corrected chi connectivity index (χ4v) is 4.29. The lowest BCUT2D eigenvalue weighted by atomic mass is 10.1. The molecule has 7 heteroatoms. The van der Waals surface area contributed by atoms with Crippen molar-refractivity contribution in [2.24, 2.45) is 0 Å². The van der Waals surface area contributed by atoms with Crippen LogP contribution in [-0.2, 0) is 4.79 Å². The quantitative estimate of drug-likeness (QED) is 0.321. The normalized spacial score (nSPS) is 11.8. The van der Waals surface area contributed by atoms with E-state index in [0.29, 0.717) is 11.0 Å². The fraction of sp³-hybridized carbons (Fsp3) is 0.160. The second-order valence-electron chi connectivity index (χ2n) is 7.76. The predicted octanol–water partition coefficient (Wildman–Crippen LogP) is 5.06. The lowest BCUT2D eigenvalue weighted by molar-refractivity contribution is -0.115. The first-order valence-electron chi connectivity index (χ1n) is 10.3. The number of hydrogen-bond acceptors (Lipinski definition) is 5. The zero-order valence-corrected chi connectivity index (χ0v) is 19.1. The molecular formula is C25H25N5OS. The second-order valence-corrected chi connectivity index (χ2v) is 8.83. The van der Waals surface area contributed by atoms with Gasteiger partial charge in [0.15, 0.2) is 5.82 Å². The van der Waals surface area contributed by atoms with Crippen molar-refractivity contribution in [1.29, 1.82) is 0 Å². The number of amides is 1. The molecule has 1 atom stereocenters. The van der Waals surface area contributed by atoms with Crippen LogP contribution in [-0.4, -0.2) is 20.8 Å². The van der Waals surface area contributed by atoms with E-state index in [0.717, 1.165) is 33.5 Å². The minimum absolute atomic E-state index is 0.144. The maximum absolute atomic E-state index is 13.4. The molecule has 162 valence electrons. The Kier molecular flexibility index (Phi) is 6.28. The third-order valence-electron chi connectivity index (χ3n) is 5.19. The summed E-state index contributed by atoms with van der Waals surface area (Å²) >= 11 is 1.28. The molecule has 0 bridgehead atoms. The summed E-state index contributed by atoms with van der Waals surface area (Å²) in [7, 11) is 0. The van der Waals surface area contributed by atoms with E-state index in [2.05, 4.69) is 15.5 Å². The summed E-state index contributed by atoms with van der Waals surface area (Å²) in [6, 6.07) is 23.5. The third kappa shape index (κ3) is 4.68. The summed E-state index contributed by atoms with van der Waals surface area (Å²) in [5.41, 5.74) is 5.77. The molecule has 0 radical (unpaired) electrons. The van der Waals surface area contributed by atoms with Gasteiger partial charge in [0.1, 0.15) is 5.25 Å². The van der Waals surface area contributed by atoms with Crippen LogP contribution < -0.4 is 11.2 Å². The molecule has 0 aliphatic carbocycles. The Hall–Kier alpha value is -3.58. The molecule has 0 spiro atoms. The van der Waals surface area contributed by atoms with Crippen LogP contribution in [0.1, 0.15) is 27.5 Å². The number of carbonyl (C=O) groups is 1. The van der Waals surface area contributed by atoms with Crippen molar-refractivity contribution in [2.45, 2.75) is 31.2 Å². The number of carbonyl (C=O) groups excluding carboxylic acids is 1. The molecule has 0 aliphatic heterocycles. The summed E-state index contributed by atoms with van der Waals surface area (Å²) in [5, 5.41) is 11.5. The molecule has 1 amide bonds. The molecule has 0 unspecified atom stereocenters. The number of benzene rings is 3. The fourth-order valence-electron chi connectivity index (χ4n) is 3.33. The highest BCUT2D eigenvalue weighted by molar-refractivity contribution is 8.00. The summed E-state index contributed by atoms with van der Waals surface area (Å²) < 4.78 is 1.44. The lowest BCUT2D eigenvalue weighted by Crippen LogP contribution is -2.21. The van der Waals surface area contributed by atoms with E-state index in [1.165, 1.54) is 16.4 Å². The lowest BCUT2D eigenvalue weighted by Gasteiger charge is -2.17. The van der Waals surface area contributed by atoms with E-state index in [-0.39, 0.29) is 5.91 Å². The van der Waals surface area contributed by atoms with Crippen LogP contribution >= 0.6 is 11.8 Å². The van der Waals surface area contributed by atoms with Gasteiger partial charge in [-0.2, -0.15) is 0 Å². The zero-order chi connectivity index (χ0) is 22.7. The van der Waals surface area contributed by atoms with Crippen LogP contribution in [0.5, 0.6) is 0 Å². The highest BCUT2D eigenvalue weighted by Gasteiger charge is 2.26. The monoisotopic (exact) mass is 443 g/mol. The van der Waals surface area contributed by atoms with Gasteiger partial charge >= 0.3 is 0 Å². The third-order valence-corrected chi connectivity index (χ3v) is 6.40. The van der Waals surface area contributed by atoms with Crippen LogP contribution in [0.4, 0.5) is 5.69 Å². The topological polar surface area (TPSA) is 85.8 Å². The number of hydrogen-bond donors (Lipinski definition) is 2. The SMILES string of the molecule is Cc1ccc(-c2nnc(S[C@@H](C(=O)Nc3cc(C)ccc3C)c3ccccc3)n2N)cc1. The van der Waals surface area contributed by atoms with Gasteiger partial charge in [-0.3, -0.25) is 4.79 Å². The Balaban J connectivity index is 1.64. The number of thioether (sulfide) groups is 1. The van der Waals surface area contributed by atoms with Crippen molar-refractivity contribution in [1.82, 2.24) is 14.9 Å². The number of nitrogen functional groups attached to an aromatic ring is 1. The zero-order valence-electron chi connectivity index (χ0n) is 18.2. The molecule has 0 saturated heterocycles. The Bertz CT molecular complexity index is 1240. The van der Waals surface area contributed by atoms with Crippen LogP contribution in [0.3, 0.4) is 0 Å². The van der Waals surface area contributed by atoms with Gasteiger partial charge in [-0.1, -0.05) is 84.1 Å². The molecule has 1 heterocycles. The molecule has 0 saturated carbocycles. The van der Waals surface area contributed by atoms with Crippen molar-refractivity contribution in [2.75, 3.05) is 11.2 Å². The number of nitrogens with two attached hydrogens (primary N) is 1. The molecule has 0 fully saturated rings. The van der Waals surface area contributed by atoms with Crippen LogP contribution in [0, 0.1) is 20.8 Å². The van der Waals surface area contributed by atoms with E-state index in [1.54, 1.807) is 0 Å². The number of aromatic nitrogens is 3. The number of anilines is 1. The van der Waals surface area contributed by atoms with E-state index < -0.39 is 5.25 Å². The number of rotatable bonds is 6. The van der Waals surface area contributed by atoms with Crippen molar-refractivity contribution in [3.05, 3.63) is 95.1 Å². The van der Waals surface area contributed by atoms with Gasteiger partial charge in [0, 0.05) is 11.3 Å². The van der Waals surface area contributed by atoms with Gasteiger partial charge in [-0.25, -0.2) is 4.68 Å². The van der Waals surface area contributed by atoms with E-state index in [9.17, 15) is 4.79 Å². The van der Waals surface area contributed by atoms with E-state index >= 15 is 0 Å². The Morgan fingerprint density at radius 2 is 1.62 bits per heavy atom. The first-order chi connectivity index (χ1) is 15.4. The van der Waals surface area contributed by atoms with Gasteiger partial charge in [0.2, 0.25) is 11.1 Å². The number of aryl methyl sites for hydroxylation is 3. The molecule has 3 aromatic carbocycles. The van der Waals surface area contributed by atoms with Crippen LogP contribution in [0.25, 0.3) is 11.4 Å². The van der Waals surface area contributed by atoms with E-state index in [4.69, 9.17) is 5.84 Å². The average Bonchev–Trinajstić information content (AvgIpc) is 3.15. The largest absolute Gasteiger partial charge is 0.335 e. The smallest absolute Gasteiger partial charge is 0.242 e. The van der Waals surface area contributed by atoms with Gasteiger partial charge in [0.25, 0.3) is 0 Å².